The van der Waals surface area contributed by atoms with Crippen molar-refractivity contribution in [1.82, 2.24) is 15.6 Å². The van der Waals surface area contributed by atoms with Crippen molar-refractivity contribution in [3.8, 4) is 0 Å². The molecule has 1 aliphatic rings. The van der Waals surface area contributed by atoms with Gasteiger partial charge in [0.2, 0.25) is 5.91 Å². The second-order valence-corrected chi connectivity index (χ2v) is 7.81. The minimum Gasteiger partial charge on any atom is -0.352 e. The Hall–Kier alpha value is -2.15. The van der Waals surface area contributed by atoms with Crippen LogP contribution in [0.25, 0.3) is 0 Å². The summed E-state index contributed by atoms with van der Waals surface area (Å²) in [5.41, 5.74) is 2.42. The van der Waals surface area contributed by atoms with Gasteiger partial charge in [-0.1, -0.05) is 19.1 Å². The van der Waals surface area contributed by atoms with Gasteiger partial charge in [0.25, 0.3) is 5.91 Å². The first-order valence-electron chi connectivity index (χ1n) is 10.3. The summed E-state index contributed by atoms with van der Waals surface area (Å²) >= 11 is 0. The molecule has 0 radical (unpaired) electrons. The number of amides is 2. The molecule has 31 heavy (non-hydrogen) atoms. The van der Waals surface area contributed by atoms with Gasteiger partial charge in [-0.25, -0.2) is 0 Å². The molecule has 0 aliphatic carbocycles. The molecule has 3 rings (SSSR count). The summed E-state index contributed by atoms with van der Waals surface area (Å²) in [5, 5.41) is 6.39. The topological polar surface area (TPSA) is 74.3 Å². The Bertz CT molecular complexity index is 812. The third-order valence-electron chi connectivity index (χ3n) is 5.74. The van der Waals surface area contributed by atoms with E-state index in [2.05, 4.69) is 22.5 Å². The first-order valence-corrected chi connectivity index (χ1v) is 10.3. The first kappa shape index (κ1) is 26.9. The van der Waals surface area contributed by atoms with Gasteiger partial charge in [0.1, 0.15) is 0 Å². The van der Waals surface area contributed by atoms with Gasteiger partial charge in [-0.15, -0.1) is 24.8 Å². The maximum Gasteiger partial charge on any atom is 0.258 e. The number of benzene rings is 1. The fraction of sp³-hybridized carbons (Fsp3) is 0.435. The lowest BCUT2D eigenvalue weighted by Crippen LogP contribution is -2.33. The van der Waals surface area contributed by atoms with Crippen LogP contribution in [-0.2, 0) is 11.3 Å². The molecule has 2 N–H and O–H groups in total. The summed E-state index contributed by atoms with van der Waals surface area (Å²) in [5.74, 6) is 1.06. The van der Waals surface area contributed by atoms with Crippen LogP contribution in [0.3, 0.4) is 0 Å². The van der Waals surface area contributed by atoms with E-state index in [9.17, 15) is 9.59 Å². The zero-order valence-corrected chi connectivity index (χ0v) is 19.7. The Labute approximate surface area is 197 Å². The number of hydrogen-bond acceptors (Lipinski definition) is 4. The largest absolute Gasteiger partial charge is 0.352 e. The highest BCUT2D eigenvalue weighted by molar-refractivity contribution is 6.05. The highest BCUT2D eigenvalue weighted by Gasteiger charge is 2.21. The van der Waals surface area contributed by atoms with Crippen LogP contribution in [0.2, 0.25) is 0 Å². The molecule has 1 atom stereocenters. The molecule has 0 spiro atoms. The molecule has 0 saturated carbocycles. The number of aromatic nitrogens is 1. The van der Waals surface area contributed by atoms with Gasteiger partial charge in [0, 0.05) is 43.7 Å². The lowest BCUT2D eigenvalue weighted by molar-refractivity contribution is -0.122. The van der Waals surface area contributed by atoms with Gasteiger partial charge in [-0.05, 0) is 67.6 Å². The van der Waals surface area contributed by atoms with Crippen LogP contribution < -0.4 is 15.5 Å². The maximum absolute atomic E-state index is 12.5. The molecular weight excluding hydrogens is 435 g/mol. The van der Waals surface area contributed by atoms with Crippen molar-refractivity contribution in [2.75, 3.05) is 25.0 Å². The van der Waals surface area contributed by atoms with E-state index in [0.29, 0.717) is 30.4 Å². The van der Waals surface area contributed by atoms with Gasteiger partial charge in [0.15, 0.2) is 0 Å². The number of nitrogens with one attached hydrogen (secondary N) is 2. The van der Waals surface area contributed by atoms with E-state index in [1.54, 1.807) is 36.5 Å². The highest BCUT2D eigenvalue weighted by atomic mass is 35.5. The second kappa shape index (κ2) is 13.3. The van der Waals surface area contributed by atoms with E-state index in [1.165, 1.54) is 0 Å². The van der Waals surface area contributed by atoms with Crippen molar-refractivity contribution >= 4 is 42.3 Å². The maximum atomic E-state index is 12.5. The van der Waals surface area contributed by atoms with E-state index in [4.69, 9.17) is 0 Å². The van der Waals surface area contributed by atoms with Crippen LogP contribution in [0.5, 0.6) is 0 Å². The molecule has 1 aromatic carbocycles. The normalized spacial score (nSPS) is 14.5. The SMILES string of the molecule is CC(CC(=O)NCc1ccc(N(C)C(=O)c2ccncc2)cc1)C1CCNCC1.Cl.Cl. The standard InChI is InChI=1S/C23H30N4O2.2ClH/c1-17(19-7-11-24-12-8-19)15-22(28)26-16-18-3-5-21(6-4-18)27(2)23(29)20-9-13-25-14-10-20;;/h3-6,9-10,13-14,17,19,24H,7-8,11-12,15-16H2,1-2H3,(H,26,28);2*1H. The number of halogens is 2. The molecule has 6 nitrogen and oxygen atoms in total. The molecule has 2 aromatic rings. The van der Waals surface area contributed by atoms with Crippen molar-refractivity contribution in [2.24, 2.45) is 11.8 Å². The van der Waals surface area contributed by atoms with E-state index in [0.717, 1.165) is 37.2 Å². The summed E-state index contributed by atoms with van der Waals surface area (Å²) < 4.78 is 0. The molecule has 1 unspecified atom stereocenters. The van der Waals surface area contributed by atoms with Crippen LogP contribution in [0, 0.1) is 11.8 Å². The molecular formula is C23H32Cl2N4O2. The first-order chi connectivity index (χ1) is 14.0. The monoisotopic (exact) mass is 466 g/mol. The highest BCUT2D eigenvalue weighted by Crippen LogP contribution is 2.24. The molecule has 8 heteroatoms. The van der Waals surface area contributed by atoms with E-state index < -0.39 is 0 Å². The summed E-state index contributed by atoms with van der Waals surface area (Å²) in [6.07, 6.45) is 6.10. The molecule has 170 valence electrons. The fourth-order valence-electron chi connectivity index (χ4n) is 3.79. The zero-order valence-electron chi connectivity index (χ0n) is 18.0. The van der Waals surface area contributed by atoms with Crippen molar-refractivity contribution in [1.29, 1.82) is 0 Å². The molecule has 2 amide bonds. The third kappa shape index (κ3) is 7.80. The smallest absolute Gasteiger partial charge is 0.258 e. The Morgan fingerprint density at radius 2 is 1.71 bits per heavy atom. The van der Waals surface area contributed by atoms with E-state index in [-0.39, 0.29) is 36.6 Å². The number of piperidine rings is 1. The minimum absolute atomic E-state index is 0. The molecule has 2 heterocycles. The van der Waals surface area contributed by atoms with Crippen LogP contribution in [0.1, 0.15) is 42.1 Å². The Morgan fingerprint density at radius 3 is 2.32 bits per heavy atom. The predicted octanol–water partition coefficient (Wildman–Crippen LogP) is 3.84. The van der Waals surface area contributed by atoms with Crippen molar-refractivity contribution in [3.63, 3.8) is 0 Å². The molecule has 1 aromatic heterocycles. The van der Waals surface area contributed by atoms with Gasteiger partial charge >= 0.3 is 0 Å². The summed E-state index contributed by atoms with van der Waals surface area (Å²) in [6.45, 7) is 4.79. The van der Waals surface area contributed by atoms with Crippen molar-refractivity contribution in [3.05, 3.63) is 59.9 Å². The number of carbonyl (C=O) groups is 2. The third-order valence-corrected chi connectivity index (χ3v) is 5.74. The van der Waals surface area contributed by atoms with Gasteiger partial charge < -0.3 is 15.5 Å². The Morgan fingerprint density at radius 1 is 1.10 bits per heavy atom. The lowest BCUT2D eigenvalue weighted by Gasteiger charge is -2.27. The Balaban J connectivity index is 0.00000240. The van der Waals surface area contributed by atoms with Crippen LogP contribution in [0.15, 0.2) is 48.8 Å². The zero-order chi connectivity index (χ0) is 20.6. The predicted molar refractivity (Wildman–Crippen MR) is 129 cm³/mol. The average Bonchev–Trinajstić information content (AvgIpc) is 2.78. The summed E-state index contributed by atoms with van der Waals surface area (Å²) in [7, 11) is 1.75. The van der Waals surface area contributed by atoms with Gasteiger partial charge in [-0.2, -0.15) is 0 Å². The number of rotatable bonds is 7. The van der Waals surface area contributed by atoms with E-state index in [1.807, 2.05) is 24.3 Å². The van der Waals surface area contributed by atoms with Crippen LogP contribution in [-0.4, -0.2) is 36.9 Å². The van der Waals surface area contributed by atoms with Gasteiger partial charge in [-0.3, -0.25) is 14.6 Å². The number of carbonyl (C=O) groups excluding carboxylic acids is 2. The molecule has 0 bridgehead atoms. The number of pyridine rings is 1. The fourth-order valence-corrected chi connectivity index (χ4v) is 3.79. The van der Waals surface area contributed by atoms with Crippen molar-refractivity contribution in [2.45, 2.75) is 32.7 Å². The van der Waals surface area contributed by atoms with Gasteiger partial charge in [0.05, 0.1) is 0 Å². The molecule has 1 fully saturated rings. The molecule has 1 aliphatic heterocycles. The summed E-state index contributed by atoms with van der Waals surface area (Å²) in [6, 6.07) is 11.1. The Kier molecular flexibility index (Phi) is 11.5. The quantitative estimate of drug-likeness (QED) is 0.649. The number of nitrogens with zero attached hydrogens (tertiary/aromatic N) is 2. The number of anilines is 1. The average molecular weight is 467 g/mol. The molecule has 1 saturated heterocycles. The van der Waals surface area contributed by atoms with Crippen LogP contribution in [0.4, 0.5) is 5.69 Å². The van der Waals surface area contributed by atoms with E-state index >= 15 is 0 Å². The summed E-state index contributed by atoms with van der Waals surface area (Å²) in [4.78, 5) is 30.4. The lowest BCUT2D eigenvalue weighted by atomic mass is 9.84. The second-order valence-electron chi connectivity index (χ2n) is 7.81. The van der Waals surface area contributed by atoms with Crippen molar-refractivity contribution < 1.29 is 9.59 Å². The minimum atomic E-state index is -0.0830. The number of hydrogen-bond donors (Lipinski definition) is 2. The van der Waals surface area contributed by atoms with Crippen LogP contribution >= 0.6 is 24.8 Å².